The van der Waals surface area contributed by atoms with Crippen LogP contribution in [-0.2, 0) is 10.7 Å². The first kappa shape index (κ1) is 11.1. The van der Waals surface area contributed by atoms with E-state index < -0.39 is 0 Å². The number of nitrogens with one attached hydrogen (secondary N) is 2. The Bertz CT molecular complexity index is 105. The minimum atomic E-state index is -0.00250. The minimum Gasteiger partial charge on any atom is -0.317 e. The third-order valence-corrected chi connectivity index (χ3v) is 3.29. The van der Waals surface area contributed by atoms with Gasteiger partial charge >= 0.3 is 0 Å². The van der Waals surface area contributed by atoms with Crippen molar-refractivity contribution < 1.29 is 0 Å². The van der Waals surface area contributed by atoms with E-state index in [4.69, 9.17) is 4.78 Å². The number of rotatable bonds is 1. The number of hydrogen-bond donors (Lipinski definition) is 2. The van der Waals surface area contributed by atoms with Crippen LogP contribution in [0, 0.1) is 4.78 Å². The summed E-state index contributed by atoms with van der Waals surface area (Å²) >= 11 is 0. The van der Waals surface area contributed by atoms with E-state index in [9.17, 15) is 0 Å². The summed E-state index contributed by atoms with van der Waals surface area (Å²) in [4.78, 5) is 0. The Morgan fingerprint density at radius 3 is 2.09 bits per heavy atom. The van der Waals surface area contributed by atoms with Gasteiger partial charge in [-0.2, -0.15) is 0 Å². The second kappa shape index (κ2) is 6.80. The summed E-state index contributed by atoms with van der Waals surface area (Å²) in [5.74, 6) is 2.23. The van der Waals surface area contributed by atoms with E-state index in [-0.39, 0.29) is 10.7 Å². The van der Waals surface area contributed by atoms with Gasteiger partial charge in [-0.15, -0.1) is 10.7 Å². The Balaban J connectivity index is 0.000000461. The fourth-order valence-electron chi connectivity index (χ4n) is 1.10. The molecule has 0 aromatic heterocycles. The van der Waals surface area contributed by atoms with Gasteiger partial charge in [0.1, 0.15) is 0 Å². The van der Waals surface area contributed by atoms with Gasteiger partial charge in [0.2, 0.25) is 0 Å². The number of hydrogen-bond acceptors (Lipinski definition) is 2. The van der Waals surface area contributed by atoms with Crippen LogP contribution < -0.4 is 5.32 Å². The Labute approximate surface area is 72.7 Å². The van der Waals surface area contributed by atoms with Crippen LogP contribution in [0.4, 0.5) is 0 Å². The fourth-order valence-corrected chi connectivity index (χ4v) is 2.45. The van der Waals surface area contributed by atoms with Crippen molar-refractivity contribution >= 4 is 10.7 Å². The molecule has 1 aliphatic heterocycles. The maximum absolute atomic E-state index is 7.44. The van der Waals surface area contributed by atoms with E-state index in [0.717, 1.165) is 11.5 Å². The van der Waals surface area contributed by atoms with Crippen LogP contribution in [-0.4, -0.2) is 24.6 Å². The maximum atomic E-state index is 7.44. The fraction of sp³-hybridized carbons (Fsp3) is 1.00. The van der Waals surface area contributed by atoms with Crippen molar-refractivity contribution in [1.29, 1.82) is 4.78 Å². The molecule has 1 fully saturated rings. The van der Waals surface area contributed by atoms with Crippen LogP contribution in [0.1, 0.15) is 26.7 Å². The van der Waals surface area contributed by atoms with Gasteiger partial charge in [-0.1, -0.05) is 13.8 Å². The van der Waals surface area contributed by atoms with E-state index in [1.54, 1.807) is 0 Å². The lowest BCUT2D eigenvalue weighted by Crippen LogP contribution is -2.32. The lowest BCUT2D eigenvalue weighted by atomic mass is 10.2. The zero-order valence-corrected chi connectivity index (χ0v) is 8.63. The summed E-state index contributed by atoms with van der Waals surface area (Å²) in [5, 5.41) is 3.25. The molecule has 0 atom stereocenters. The summed E-state index contributed by atoms with van der Waals surface area (Å²) in [7, 11) is 2.01. The first-order valence-electron chi connectivity index (χ1n) is 4.39. The summed E-state index contributed by atoms with van der Waals surface area (Å²) in [6, 6.07) is 0.708. The Morgan fingerprint density at radius 2 is 1.73 bits per heavy atom. The van der Waals surface area contributed by atoms with Crippen LogP contribution in [0.3, 0.4) is 0 Å². The predicted molar refractivity (Wildman–Crippen MR) is 53.2 cm³/mol. The Hall–Kier alpha value is 0.110. The molecule has 11 heavy (non-hydrogen) atoms. The Morgan fingerprint density at radius 1 is 1.27 bits per heavy atom. The van der Waals surface area contributed by atoms with Crippen LogP contribution >= 0.6 is 0 Å². The molecule has 0 aromatic rings. The zero-order chi connectivity index (χ0) is 8.69. The van der Waals surface area contributed by atoms with Gasteiger partial charge in [0.05, 0.1) is 0 Å². The summed E-state index contributed by atoms with van der Waals surface area (Å²) in [6.07, 6.45) is 2.42. The predicted octanol–water partition coefficient (Wildman–Crippen LogP) is 1.78. The smallest absolute Gasteiger partial charge is 0.00804 e. The highest BCUT2D eigenvalue weighted by Gasteiger charge is 2.12. The highest BCUT2D eigenvalue weighted by atomic mass is 32.2. The van der Waals surface area contributed by atoms with Crippen LogP contribution in [0.5, 0.6) is 0 Å². The summed E-state index contributed by atoms with van der Waals surface area (Å²) in [6.45, 7) is 4.00. The molecule has 0 saturated carbocycles. The quantitative estimate of drug-likeness (QED) is 0.627. The molecule has 0 aliphatic carbocycles. The van der Waals surface area contributed by atoms with Gasteiger partial charge in [-0.05, 0) is 19.9 Å². The molecule has 1 saturated heterocycles. The molecule has 2 N–H and O–H groups in total. The zero-order valence-electron chi connectivity index (χ0n) is 7.81. The standard InChI is InChI=1S/C6H14N2S.C2H6/c1-8-6-2-4-9(7)5-3-6;1-2/h6-8H,2-5H2,1H3;1-2H3. The first-order valence-corrected chi connectivity index (χ1v) is 5.95. The molecule has 2 nitrogen and oxygen atoms in total. The highest BCUT2D eigenvalue weighted by molar-refractivity contribution is 7.86. The molecule has 0 aromatic carbocycles. The topological polar surface area (TPSA) is 35.9 Å². The van der Waals surface area contributed by atoms with Crippen molar-refractivity contribution in [1.82, 2.24) is 5.32 Å². The molecule has 1 heterocycles. The third kappa shape index (κ3) is 4.53. The van der Waals surface area contributed by atoms with E-state index in [2.05, 4.69) is 5.32 Å². The van der Waals surface area contributed by atoms with Gasteiger partial charge in [0.15, 0.2) is 0 Å². The second-order valence-electron chi connectivity index (χ2n) is 2.46. The monoisotopic (exact) mass is 176 g/mol. The molecule has 3 heteroatoms. The first-order chi connectivity index (χ1) is 5.33. The van der Waals surface area contributed by atoms with Crippen molar-refractivity contribution in [3.05, 3.63) is 0 Å². The maximum Gasteiger partial charge on any atom is 0.00804 e. The van der Waals surface area contributed by atoms with Gasteiger partial charge in [0, 0.05) is 17.5 Å². The van der Waals surface area contributed by atoms with Crippen LogP contribution in [0.25, 0.3) is 0 Å². The lowest BCUT2D eigenvalue weighted by Gasteiger charge is -2.21. The van der Waals surface area contributed by atoms with Crippen LogP contribution in [0.15, 0.2) is 0 Å². The SMILES string of the molecule is CC.CNC1CCS(=N)CC1. The lowest BCUT2D eigenvalue weighted by molar-refractivity contribution is 0.526. The molecular weight excluding hydrogens is 156 g/mol. The minimum absolute atomic E-state index is 0.00250. The summed E-state index contributed by atoms with van der Waals surface area (Å²) in [5.41, 5.74) is 0. The second-order valence-corrected chi connectivity index (χ2v) is 4.27. The Kier molecular flexibility index (Phi) is 6.87. The van der Waals surface area contributed by atoms with E-state index in [1.807, 2.05) is 20.9 Å². The van der Waals surface area contributed by atoms with Crippen molar-refractivity contribution in [2.75, 3.05) is 18.6 Å². The molecule has 0 spiro atoms. The highest BCUT2D eigenvalue weighted by Crippen LogP contribution is 2.08. The molecule has 1 aliphatic rings. The van der Waals surface area contributed by atoms with Crippen molar-refractivity contribution in [2.45, 2.75) is 32.7 Å². The molecular formula is C8H20N2S. The van der Waals surface area contributed by atoms with Gasteiger partial charge in [-0.25, -0.2) is 0 Å². The average molecular weight is 176 g/mol. The molecule has 0 unspecified atom stereocenters. The van der Waals surface area contributed by atoms with Crippen molar-refractivity contribution in [3.63, 3.8) is 0 Å². The van der Waals surface area contributed by atoms with Gasteiger partial charge in [0.25, 0.3) is 0 Å². The van der Waals surface area contributed by atoms with Gasteiger partial charge < -0.3 is 5.32 Å². The van der Waals surface area contributed by atoms with Crippen molar-refractivity contribution in [3.8, 4) is 0 Å². The molecule has 0 bridgehead atoms. The normalized spacial score (nSPS) is 30.5. The molecule has 0 amide bonds. The van der Waals surface area contributed by atoms with E-state index in [1.165, 1.54) is 12.8 Å². The van der Waals surface area contributed by atoms with Crippen molar-refractivity contribution in [2.24, 2.45) is 0 Å². The molecule has 1 rings (SSSR count). The van der Waals surface area contributed by atoms with Gasteiger partial charge in [-0.3, -0.25) is 4.78 Å². The third-order valence-electron chi connectivity index (χ3n) is 1.83. The van der Waals surface area contributed by atoms with E-state index >= 15 is 0 Å². The summed E-state index contributed by atoms with van der Waals surface area (Å²) < 4.78 is 7.44. The molecule has 68 valence electrons. The molecule has 0 radical (unpaired) electrons. The van der Waals surface area contributed by atoms with Crippen LogP contribution in [0.2, 0.25) is 0 Å². The van der Waals surface area contributed by atoms with E-state index in [0.29, 0.717) is 6.04 Å². The average Bonchev–Trinajstić information content (AvgIpc) is 2.10. The largest absolute Gasteiger partial charge is 0.317 e.